The highest BCUT2D eigenvalue weighted by atomic mass is 16.2. The molecule has 1 unspecified atom stereocenters. The third-order valence-electron chi connectivity index (χ3n) is 5.37. The van der Waals surface area contributed by atoms with E-state index in [1.807, 2.05) is 17.0 Å². The highest BCUT2D eigenvalue weighted by Crippen LogP contribution is 2.28. The summed E-state index contributed by atoms with van der Waals surface area (Å²) >= 11 is 0. The topological polar surface area (TPSA) is 131 Å². The van der Waals surface area contributed by atoms with Crippen molar-refractivity contribution in [3.63, 3.8) is 0 Å². The number of imide groups is 2. The van der Waals surface area contributed by atoms with E-state index in [4.69, 9.17) is 5.26 Å². The quantitative estimate of drug-likeness (QED) is 0.651. The van der Waals surface area contributed by atoms with Gasteiger partial charge >= 0.3 is 6.03 Å². The number of anilines is 1. The number of rotatable bonds is 3. The number of nitrogens with zero attached hydrogens (tertiary/aromatic N) is 2. The van der Waals surface area contributed by atoms with Crippen LogP contribution in [0.5, 0.6) is 0 Å². The van der Waals surface area contributed by atoms with Gasteiger partial charge in [-0.05, 0) is 53.9 Å². The first kappa shape index (κ1) is 20.3. The van der Waals surface area contributed by atoms with Crippen LogP contribution in [0.3, 0.4) is 0 Å². The molecule has 156 valence electrons. The summed E-state index contributed by atoms with van der Waals surface area (Å²) in [6.45, 7) is 1.04. The third kappa shape index (κ3) is 4.44. The summed E-state index contributed by atoms with van der Waals surface area (Å²) in [5, 5.41) is 16.0. The lowest BCUT2D eigenvalue weighted by Crippen LogP contribution is -2.50. The average Bonchev–Trinajstić information content (AvgIpc) is 3.17. The molecule has 2 aromatic carbocycles. The molecule has 31 heavy (non-hydrogen) atoms. The maximum atomic E-state index is 12.5. The van der Waals surface area contributed by atoms with Crippen LogP contribution in [0, 0.1) is 11.3 Å². The Hall–Kier alpha value is -4.03. The summed E-state index contributed by atoms with van der Waals surface area (Å²) < 4.78 is 0. The van der Waals surface area contributed by atoms with E-state index >= 15 is 0 Å². The van der Waals surface area contributed by atoms with Crippen molar-refractivity contribution >= 4 is 29.4 Å². The largest absolute Gasteiger partial charge is 0.326 e. The van der Waals surface area contributed by atoms with Crippen molar-refractivity contribution in [1.82, 2.24) is 15.5 Å². The van der Waals surface area contributed by atoms with Gasteiger partial charge in [0.2, 0.25) is 11.8 Å². The van der Waals surface area contributed by atoms with Crippen LogP contribution in [0.15, 0.2) is 42.5 Å². The number of fused-ring (bicyclic) bond motifs is 1. The molecule has 9 nitrogen and oxygen atoms in total. The van der Waals surface area contributed by atoms with Gasteiger partial charge in [-0.15, -0.1) is 0 Å². The van der Waals surface area contributed by atoms with Gasteiger partial charge in [-0.3, -0.25) is 29.9 Å². The number of amides is 5. The number of nitriles is 1. The van der Waals surface area contributed by atoms with E-state index in [1.165, 1.54) is 0 Å². The van der Waals surface area contributed by atoms with Crippen LogP contribution in [-0.4, -0.2) is 34.7 Å². The fraction of sp³-hybridized carbons (Fsp3) is 0.227. The monoisotopic (exact) mass is 417 g/mol. The van der Waals surface area contributed by atoms with E-state index < -0.39 is 11.9 Å². The second-order valence-corrected chi connectivity index (χ2v) is 7.45. The van der Waals surface area contributed by atoms with Crippen molar-refractivity contribution in [3.05, 3.63) is 64.7 Å². The molecule has 3 N–H and O–H groups in total. The number of hydrogen-bond acceptors (Lipinski definition) is 6. The first-order valence-electron chi connectivity index (χ1n) is 9.75. The maximum absolute atomic E-state index is 12.5. The Morgan fingerprint density at radius 2 is 1.81 bits per heavy atom. The lowest BCUT2D eigenvalue weighted by Gasteiger charge is -2.29. The van der Waals surface area contributed by atoms with Crippen molar-refractivity contribution in [2.75, 3.05) is 5.32 Å². The van der Waals surface area contributed by atoms with Gasteiger partial charge in [0.05, 0.1) is 17.7 Å². The first-order valence-corrected chi connectivity index (χ1v) is 9.75. The Balaban J connectivity index is 1.38. The Bertz CT molecular complexity index is 1120. The van der Waals surface area contributed by atoms with Crippen LogP contribution < -0.4 is 16.0 Å². The molecular weight excluding hydrogens is 398 g/mol. The van der Waals surface area contributed by atoms with Crippen LogP contribution in [0.2, 0.25) is 0 Å². The Morgan fingerprint density at radius 3 is 2.52 bits per heavy atom. The number of carbonyl (C=O) groups is 4. The zero-order chi connectivity index (χ0) is 22.0. The normalized spacial score (nSPS) is 18.0. The molecule has 2 aliphatic heterocycles. The number of benzene rings is 2. The van der Waals surface area contributed by atoms with Gasteiger partial charge < -0.3 is 5.32 Å². The predicted octanol–water partition coefficient (Wildman–Crippen LogP) is 1.64. The van der Waals surface area contributed by atoms with E-state index in [1.54, 1.807) is 36.4 Å². The number of carbonyl (C=O) groups excluding carboxylic acids is 4. The molecule has 1 fully saturated rings. The van der Waals surface area contributed by atoms with Crippen molar-refractivity contribution < 1.29 is 19.2 Å². The van der Waals surface area contributed by atoms with E-state index in [0.717, 1.165) is 11.1 Å². The summed E-state index contributed by atoms with van der Waals surface area (Å²) in [4.78, 5) is 50.1. The van der Waals surface area contributed by atoms with E-state index in [0.29, 0.717) is 42.7 Å². The van der Waals surface area contributed by atoms with Gasteiger partial charge in [0.25, 0.3) is 5.91 Å². The van der Waals surface area contributed by atoms with E-state index in [-0.39, 0.29) is 17.9 Å². The highest BCUT2D eigenvalue weighted by Gasteiger charge is 2.34. The Labute approximate surface area is 178 Å². The Morgan fingerprint density at radius 1 is 1.06 bits per heavy atom. The molecule has 0 saturated carbocycles. The summed E-state index contributed by atoms with van der Waals surface area (Å²) in [6, 6.07) is 12.4. The molecule has 1 atom stereocenters. The van der Waals surface area contributed by atoms with Crippen LogP contribution in [0.1, 0.15) is 39.9 Å². The molecule has 2 aromatic rings. The fourth-order valence-corrected chi connectivity index (χ4v) is 3.78. The molecule has 2 aliphatic rings. The van der Waals surface area contributed by atoms with Gasteiger partial charge in [0, 0.05) is 30.8 Å². The SMILES string of the molecule is N#Cc1ccc(NC(=O)NC(=O)c2ccc3c(c2)CN(C2CCC(=O)NC2=O)C3)cc1. The molecule has 4 rings (SSSR count). The van der Waals surface area contributed by atoms with Gasteiger partial charge in [0.1, 0.15) is 0 Å². The zero-order valence-electron chi connectivity index (χ0n) is 16.5. The lowest BCUT2D eigenvalue weighted by atomic mass is 10.0. The second kappa shape index (κ2) is 8.38. The Kier molecular flexibility index (Phi) is 5.47. The van der Waals surface area contributed by atoms with Crippen molar-refractivity contribution in [2.24, 2.45) is 0 Å². The average molecular weight is 417 g/mol. The van der Waals surface area contributed by atoms with Gasteiger partial charge in [-0.2, -0.15) is 5.26 Å². The van der Waals surface area contributed by atoms with Crippen molar-refractivity contribution in [3.8, 4) is 6.07 Å². The molecule has 0 aromatic heterocycles. The lowest BCUT2D eigenvalue weighted by molar-refractivity contribution is -0.137. The molecule has 0 bridgehead atoms. The number of hydrogen-bond donors (Lipinski definition) is 3. The fourth-order valence-electron chi connectivity index (χ4n) is 3.78. The minimum absolute atomic E-state index is 0.254. The van der Waals surface area contributed by atoms with Gasteiger partial charge in [0.15, 0.2) is 0 Å². The van der Waals surface area contributed by atoms with E-state index in [9.17, 15) is 19.2 Å². The standard InChI is InChI=1S/C22H19N5O4/c23-10-13-1-5-17(6-2-13)24-22(31)26-20(29)14-3-4-15-11-27(12-16(15)9-14)18-7-8-19(28)25-21(18)30/h1-6,9,18H,7-8,11-12H2,(H,25,28,30)(H2,24,26,29,31). The number of piperidine rings is 1. The third-order valence-corrected chi connectivity index (χ3v) is 5.37. The summed E-state index contributed by atoms with van der Waals surface area (Å²) in [7, 11) is 0. The zero-order valence-corrected chi connectivity index (χ0v) is 16.5. The second-order valence-electron chi connectivity index (χ2n) is 7.45. The molecule has 0 radical (unpaired) electrons. The highest BCUT2D eigenvalue weighted by molar-refractivity contribution is 6.08. The molecule has 2 heterocycles. The number of nitrogens with one attached hydrogen (secondary N) is 3. The van der Waals surface area contributed by atoms with Gasteiger partial charge in [-0.1, -0.05) is 6.07 Å². The number of urea groups is 1. The summed E-state index contributed by atoms with van der Waals surface area (Å²) in [6.07, 6.45) is 0.784. The van der Waals surface area contributed by atoms with E-state index in [2.05, 4.69) is 16.0 Å². The predicted molar refractivity (Wildman–Crippen MR) is 110 cm³/mol. The minimum atomic E-state index is -0.680. The maximum Gasteiger partial charge on any atom is 0.326 e. The molecule has 0 aliphatic carbocycles. The van der Waals surface area contributed by atoms with Crippen molar-refractivity contribution in [2.45, 2.75) is 32.0 Å². The van der Waals surface area contributed by atoms with Crippen LogP contribution in [-0.2, 0) is 22.7 Å². The molecule has 1 saturated heterocycles. The smallest absolute Gasteiger partial charge is 0.308 e. The minimum Gasteiger partial charge on any atom is -0.308 e. The summed E-state index contributed by atoms with van der Waals surface area (Å²) in [5.74, 6) is -1.09. The summed E-state index contributed by atoms with van der Waals surface area (Å²) in [5.41, 5.74) is 3.16. The molecule has 0 spiro atoms. The van der Waals surface area contributed by atoms with Crippen molar-refractivity contribution in [1.29, 1.82) is 5.26 Å². The molecular formula is C22H19N5O4. The van der Waals surface area contributed by atoms with Crippen LogP contribution in [0.4, 0.5) is 10.5 Å². The van der Waals surface area contributed by atoms with Gasteiger partial charge in [-0.25, -0.2) is 4.79 Å². The van der Waals surface area contributed by atoms with Crippen LogP contribution >= 0.6 is 0 Å². The molecule has 5 amide bonds. The first-order chi connectivity index (χ1) is 14.9. The molecule has 9 heteroatoms. The van der Waals surface area contributed by atoms with Crippen LogP contribution in [0.25, 0.3) is 0 Å².